The highest BCUT2D eigenvalue weighted by Gasteiger charge is 2.19. The molecule has 0 aliphatic carbocycles. The predicted octanol–water partition coefficient (Wildman–Crippen LogP) is 3.45. The summed E-state index contributed by atoms with van der Waals surface area (Å²) in [7, 11) is -0.543. The molecule has 0 unspecified atom stereocenters. The van der Waals surface area contributed by atoms with Crippen LogP contribution in [0.5, 0.6) is 0 Å². The first-order valence-corrected chi connectivity index (χ1v) is 10.0. The van der Waals surface area contributed by atoms with Crippen molar-refractivity contribution in [3.05, 3.63) is 65.7 Å². The highest BCUT2D eigenvalue weighted by molar-refractivity contribution is 7.89. The predicted molar refractivity (Wildman–Crippen MR) is 103 cm³/mol. The first kappa shape index (κ1) is 20.1. The topological polar surface area (TPSA) is 66.5 Å². The van der Waals surface area contributed by atoms with Crippen molar-refractivity contribution < 1.29 is 13.2 Å². The van der Waals surface area contributed by atoms with Gasteiger partial charge in [0.05, 0.1) is 10.9 Å². The van der Waals surface area contributed by atoms with Crippen molar-refractivity contribution in [1.82, 2.24) is 9.62 Å². The monoisotopic (exact) mass is 374 g/mol. The number of benzene rings is 2. The lowest BCUT2D eigenvalue weighted by molar-refractivity contribution is 0.0932. The van der Waals surface area contributed by atoms with Gasteiger partial charge in [-0.05, 0) is 42.2 Å². The minimum Gasteiger partial charge on any atom is -0.345 e. The van der Waals surface area contributed by atoms with E-state index in [1.807, 2.05) is 30.3 Å². The third kappa shape index (κ3) is 4.93. The second-order valence-electron chi connectivity index (χ2n) is 6.88. The van der Waals surface area contributed by atoms with Crippen molar-refractivity contribution >= 4 is 15.9 Å². The van der Waals surface area contributed by atoms with E-state index in [1.165, 1.54) is 26.2 Å². The van der Waals surface area contributed by atoms with Crippen LogP contribution in [0.3, 0.4) is 0 Å². The van der Waals surface area contributed by atoms with Crippen LogP contribution in [0.15, 0.2) is 59.5 Å². The first-order chi connectivity index (χ1) is 12.2. The zero-order valence-corrected chi connectivity index (χ0v) is 16.5. The molecule has 0 radical (unpaired) electrons. The maximum Gasteiger partial charge on any atom is 0.251 e. The minimum atomic E-state index is -3.50. The van der Waals surface area contributed by atoms with E-state index in [0.717, 1.165) is 16.3 Å². The van der Waals surface area contributed by atoms with E-state index in [1.54, 1.807) is 12.1 Å². The summed E-state index contributed by atoms with van der Waals surface area (Å²) in [6, 6.07) is 15.8. The molecule has 0 aliphatic heterocycles. The molecule has 0 saturated carbocycles. The van der Waals surface area contributed by atoms with Gasteiger partial charge in [-0.3, -0.25) is 4.79 Å². The third-order valence-corrected chi connectivity index (χ3v) is 5.94. The van der Waals surface area contributed by atoms with Crippen LogP contribution in [-0.2, 0) is 10.0 Å². The van der Waals surface area contributed by atoms with E-state index in [9.17, 15) is 13.2 Å². The number of amides is 1. The zero-order chi connectivity index (χ0) is 19.3. The Labute approximate surface area is 156 Å². The van der Waals surface area contributed by atoms with Gasteiger partial charge < -0.3 is 5.32 Å². The van der Waals surface area contributed by atoms with Crippen LogP contribution in [0.25, 0.3) is 0 Å². The number of hydrogen-bond acceptors (Lipinski definition) is 3. The summed E-state index contributed by atoms with van der Waals surface area (Å²) < 4.78 is 25.4. The van der Waals surface area contributed by atoms with Crippen molar-refractivity contribution in [3.63, 3.8) is 0 Å². The van der Waals surface area contributed by atoms with Gasteiger partial charge in [0.25, 0.3) is 5.91 Å². The van der Waals surface area contributed by atoms with Crippen LogP contribution < -0.4 is 5.32 Å². The fourth-order valence-corrected chi connectivity index (χ4v) is 3.57. The van der Waals surface area contributed by atoms with E-state index < -0.39 is 10.0 Å². The SMILES string of the molecule is CC(C)C[C@@H](NC(=O)c1ccc(S(=O)(=O)N(C)C)cc1)c1ccccc1. The summed E-state index contributed by atoms with van der Waals surface area (Å²) in [6.07, 6.45) is 0.822. The Balaban J connectivity index is 2.19. The van der Waals surface area contributed by atoms with E-state index in [4.69, 9.17) is 0 Å². The molecule has 0 heterocycles. The molecule has 2 rings (SSSR count). The van der Waals surface area contributed by atoms with E-state index >= 15 is 0 Å². The molecule has 0 aliphatic rings. The Bertz CT molecular complexity index is 829. The fraction of sp³-hybridized carbons (Fsp3) is 0.350. The summed E-state index contributed by atoms with van der Waals surface area (Å²) in [5, 5.41) is 3.06. The molecule has 1 N–H and O–H groups in total. The van der Waals surface area contributed by atoms with Crippen molar-refractivity contribution in [2.75, 3.05) is 14.1 Å². The van der Waals surface area contributed by atoms with Crippen molar-refractivity contribution in [2.24, 2.45) is 5.92 Å². The van der Waals surface area contributed by atoms with Gasteiger partial charge in [-0.15, -0.1) is 0 Å². The first-order valence-electron chi connectivity index (χ1n) is 8.60. The molecule has 6 heteroatoms. The van der Waals surface area contributed by atoms with Crippen molar-refractivity contribution in [1.29, 1.82) is 0 Å². The van der Waals surface area contributed by atoms with Crippen LogP contribution in [0.4, 0.5) is 0 Å². The Morgan fingerprint density at radius 2 is 1.58 bits per heavy atom. The largest absolute Gasteiger partial charge is 0.345 e. The van der Waals surface area contributed by atoms with Gasteiger partial charge in [-0.1, -0.05) is 44.2 Å². The van der Waals surface area contributed by atoms with Crippen LogP contribution in [-0.4, -0.2) is 32.7 Å². The molecular formula is C20H26N2O3S. The van der Waals surface area contributed by atoms with E-state index in [-0.39, 0.29) is 16.8 Å². The number of carbonyl (C=O) groups is 1. The number of nitrogens with zero attached hydrogens (tertiary/aromatic N) is 1. The third-order valence-electron chi connectivity index (χ3n) is 4.11. The zero-order valence-electron chi connectivity index (χ0n) is 15.6. The maximum atomic E-state index is 12.6. The number of rotatable bonds is 7. The second-order valence-corrected chi connectivity index (χ2v) is 9.03. The second kappa shape index (κ2) is 8.47. The molecule has 2 aromatic carbocycles. The van der Waals surface area contributed by atoms with Crippen molar-refractivity contribution in [3.8, 4) is 0 Å². The Kier molecular flexibility index (Phi) is 6.56. The van der Waals surface area contributed by atoms with Gasteiger partial charge in [0.2, 0.25) is 10.0 Å². The summed E-state index contributed by atoms with van der Waals surface area (Å²) in [5.74, 6) is 0.210. The number of carbonyl (C=O) groups excluding carboxylic acids is 1. The van der Waals surface area contributed by atoms with E-state index in [2.05, 4.69) is 19.2 Å². The molecule has 1 atom stereocenters. The van der Waals surface area contributed by atoms with Gasteiger partial charge in [0.15, 0.2) is 0 Å². The smallest absolute Gasteiger partial charge is 0.251 e. The average Bonchev–Trinajstić information content (AvgIpc) is 2.61. The molecule has 0 aromatic heterocycles. The van der Waals surface area contributed by atoms with Crippen LogP contribution in [0, 0.1) is 5.92 Å². The van der Waals surface area contributed by atoms with Gasteiger partial charge in [-0.25, -0.2) is 12.7 Å². The highest BCUT2D eigenvalue weighted by Crippen LogP contribution is 2.22. The minimum absolute atomic E-state index is 0.0890. The lowest BCUT2D eigenvalue weighted by Crippen LogP contribution is -2.29. The molecule has 26 heavy (non-hydrogen) atoms. The molecule has 2 aromatic rings. The van der Waals surface area contributed by atoms with Crippen molar-refractivity contribution in [2.45, 2.75) is 31.2 Å². The van der Waals surface area contributed by atoms with Gasteiger partial charge >= 0.3 is 0 Å². The molecule has 0 fully saturated rings. The quantitative estimate of drug-likeness (QED) is 0.807. The number of sulfonamides is 1. The standard InChI is InChI=1S/C20H26N2O3S/c1-15(2)14-19(16-8-6-5-7-9-16)21-20(23)17-10-12-18(13-11-17)26(24,25)22(3)4/h5-13,15,19H,14H2,1-4H3,(H,21,23)/t19-/m1/s1. The highest BCUT2D eigenvalue weighted by atomic mass is 32.2. The van der Waals surface area contributed by atoms with Gasteiger partial charge in [-0.2, -0.15) is 0 Å². The van der Waals surface area contributed by atoms with Gasteiger partial charge in [0, 0.05) is 19.7 Å². The molecule has 1 amide bonds. The van der Waals surface area contributed by atoms with Crippen LogP contribution >= 0.6 is 0 Å². The Morgan fingerprint density at radius 3 is 2.08 bits per heavy atom. The van der Waals surface area contributed by atoms with Gasteiger partial charge in [0.1, 0.15) is 0 Å². The molecular weight excluding hydrogens is 348 g/mol. The summed E-state index contributed by atoms with van der Waals surface area (Å²) in [5.41, 5.74) is 1.49. The Morgan fingerprint density at radius 1 is 1.00 bits per heavy atom. The summed E-state index contributed by atoms with van der Waals surface area (Å²) >= 11 is 0. The van der Waals surface area contributed by atoms with E-state index in [0.29, 0.717) is 11.5 Å². The summed E-state index contributed by atoms with van der Waals surface area (Å²) in [6.45, 7) is 4.23. The summed E-state index contributed by atoms with van der Waals surface area (Å²) in [4.78, 5) is 12.8. The number of nitrogens with one attached hydrogen (secondary N) is 1. The average molecular weight is 375 g/mol. The Hall–Kier alpha value is -2.18. The molecule has 0 saturated heterocycles. The molecule has 140 valence electrons. The molecule has 5 nitrogen and oxygen atoms in total. The normalized spacial score (nSPS) is 13.0. The molecule has 0 spiro atoms. The maximum absolute atomic E-state index is 12.6. The molecule has 0 bridgehead atoms. The fourth-order valence-electron chi connectivity index (χ4n) is 2.67. The number of hydrogen-bond donors (Lipinski definition) is 1. The lowest BCUT2D eigenvalue weighted by atomic mass is 9.96. The van der Waals surface area contributed by atoms with Crippen LogP contribution in [0.1, 0.15) is 42.2 Å². The lowest BCUT2D eigenvalue weighted by Gasteiger charge is -2.21. The van der Waals surface area contributed by atoms with Crippen LogP contribution in [0.2, 0.25) is 0 Å².